The molecule has 0 radical (unpaired) electrons. The topological polar surface area (TPSA) is 58.8 Å². The summed E-state index contributed by atoms with van der Waals surface area (Å²) in [5.74, 6) is 0.467. The van der Waals surface area contributed by atoms with E-state index in [-0.39, 0.29) is 5.91 Å². The molecule has 0 aromatic heterocycles. The van der Waals surface area contributed by atoms with Gasteiger partial charge in [0.25, 0.3) is 5.91 Å². The number of benzene rings is 1. The molecule has 0 bridgehead atoms. The monoisotopic (exact) mass is 263 g/mol. The Morgan fingerprint density at radius 3 is 2.79 bits per heavy atom. The third-order valence-corrected chi connectivity index (χ3v) is 3.66. The predicted octanol–water partition coefficient (Wildman–Crippen LogP) is 1.05. The fourth-order valence-corrected chi connectivity index (χ4v) is 2.47. The van der Waals surface area contributed by atoms with Gasteiger partial charge in [0.05, 0.1) is 18.4 Å². The molecule has 1 fully saturated rings. The molecule has 1 aromatic carbocycles. The molecule has 1 unspecified atom stereocenters. The van der Waals surface area contributed by atoms with Crippen LogP contribution >= 0.6 is 0 Å². The molecule has 1 atom stereocenters. The molecule has 19 heavy (non-hydrogen) atoms. The molecule has 5 nitrogen and oxygen atoms in total. The van der Waals surface area contributed by atoms with Crippen molar-refractivity contribution in [2.75, 3.05) is 40.0 Å². The van der Waals surface area contributed by atoms with Crippen molar-refractivity contribution in [2.24, 2.45) is 0 Å². The van der Waals surface area contributed by atoms with E-state index < -0.39 is 0 Å². The zero-order valence-corrected chi connectivity index (χ0v) is 11.7. The lowest BCUT2D eigenvalue weighted by molar-refractivity contribution is 0.0780. The number of hydrogen-bond acceptors (Lipinski definition) is 4. The van der Waals surface area contributed by atoms with E-state index in [2.05, 4.69) is 4.90 Å². The number of nitrogens with zero attached hydrogens (tertiary/aromatic N) is 2. The molecule has 1 aromatic rings. The van der Waals surface area contributed by atoms with Gasteiger partial charge in [-0.05, 0) is 32.6 Å². The van der Waals surface area contributed by atoms with E-state index in [1.54, 1.807) is 18.2 Å². The Morgan fingerprint density at radius 1 is 1.47 bits per heavy atom. The summed E-state index contributed by atoms with van der Waals surface area (Å²) in [6.07, 6.45) is 1.00. The Kier molecular flexibility index (Phi) is 3.95. The quantitative estimate of drug-likeness (QED) is 0.828. The number of hydrogen-bond donors (Lipinski definition) is 1. The third kappa shape index (κ3) is 2.66. The number of carbonyl (C=O) groups excluding carboxylic acids is 1. The van der Waals surface area contributed by atoms with Gasteiger partial charge in [-0.2, -0.15) is 0 Å². The first-order valence-corrected chi connectivity index (χ1v) is 6.42. The van der Waals surface area contributed by atoms with Gasteiger partial charge in [-0.15, -0.1) is 0 Å². The number of ether oxygens (including phenoxy) is 1. The summed E-state index contributed by atoms with van der Waals surface area (Å²) in [4.78, 5) is 16.5. The van der Waals surface area contributed by atoms with Gasteiger partial charge in [0.1, 0.15) is 0 Å². The number of nitrogen functional groups attached to an aromatic ring is 1. The van der Waals surface area contributed by atoms with Crippen LogP contribution in [0.2, 0.25) is 0 Å². The largest absolute Gasteiger partial charge is 0.494 e. The lowest BCUT2D eigenvalue weighted by Gasteiger charge is -2.21. The number of carbonyl (C=O) groups is 1. The Balaban J connectivity index is 2.19. The number of anilines is 1. The number of methoxy groups -OCH3 is 1. The second kappa shape index (κ2) is 5.48. The first-order valence-electron chi connectivity index (χ1n) is 6.42. The van der Waals surface area contributed by atoms with Crippen molar-refractivity contribution in [1.29, 1.82) is 0 Å². The molecular weight excluding hydrogens is 242 g/mol. The Hall–Kier alpha value is -1.75. The minimum absolute atomic E-state index is 0.00602. The molecule has 1 amide bonds. The van der Waals surface area contributed by atoms with E-state index in [1.807, 2.05) is 19.0 Å². The number of rotatable bonds is 3. The smallest absolute Gasteiger partial charge is 0.257 e. The van der Waals surface area contributed by atoms with Crippen LogP contribution in [0.1, 0.15) is 16.8 Å². The van der Waals surface area contributed by atoms with Gasteiger partial charge in [0, 0.05) is 19.1 Å². The van der Waals surface area contributed by atoms with E-state index >= 15 is 0 Å². The van der Waals surface area contributed by atoms with Crippen LogP contribution in [0.4, 0.5) is 5.69 Å². The molecule has 2 N–H and O–H groups in total. The highest BCUT2D eigenvalue weighted by Gasteiger charge is 2.29. The zero-order chi connectivity index (χ0) is 14.0. The molecule has 0 saturated carbocycles. The van der Waals surface area contributed by atoms with Gasteiger partial charge in [0.15, 0.2) is 5.75 Å². The zero-order valence-electron chi connectivity index (χ0n) is 11.7. The Bertz CT molecular complexity index is 474. The maximum atomic E-state index is 12.5. The lowest BCUT2D eigenvalue weighted by Crippen LogP contribution is -2.34. The van der Waals surface area contributed by atoms with Crippen molar-refractivity contribution in [3.63, 3.8) is 0 Å². The molecular formula is C14H21N3O2. The number of amides is 1. The second-order valence-electron chi connectivity index (χ2n) is 5.09. The number of likely N-dealkylation sites (tertiary alicyclic amines) is 1. The van der Waals surface area contributed by atoms with Gasteiger partial charge < -0.3 is 20.3 Å². The second-order valence-corrected chi connectivity index (χ2v) is 5.09. The van der Waals surface area contributed by atoms with E-state index in [0.29, 0.717) is 23.0 Å². The molecule has 104 valence electrons. The SMILES string of the molecule is COc1c(N)cccc1C(=O)N1CCC(N(C)C)C1. The number of para-hydroxylation sites is 1. The minimum Gasteiger partial charge on any atom is -0.494 e. The summed E-state index contributed by atoms with van der Waals surface area (Å²) < 4.78 is 5.25. The highest BCUT2D eigenvalue weighted by molar-refractivity contribution is 5.98. The fraction of sp³-hybridized carbons (Fsp3) is 0.500. The van der Waals surface area contributed by atoms with Crippen LogP contribution < -0.4 is 10.5 Å². The van der Waals surface area contributed by atoms with Crippen molar-refractivity contribution in [1.82, 2.24) is 9.80 Å². The van der Waals surface area contributed by atoms with Crippen LogP contribution in [0.5, 0.6) is 5.75 Å². The molecule has 1 aliphatic heterocycles. The summed E-state index contributed by atoms with van der Waals surface area (Å²) in [6, 6.07) is 5.71. The van der Waals surface area contributed by atoms with Crippen LogP contribution in [0.15, 0.2) is 18.2 Å². The average Bonchev–Trinajstić information content (AvgIpc) is 2.87. The van der Waals surface area contributed by atoms with E-state index in [0.717, 1.165) is 19.5 Å². The minimum atomic E-state index is -0.00602. The van der Waals surface area contributed by atoms with Crippen LogP contribution in [-0.4, -0.2) is 56.0 Å². The van der Waals surface area contributed by atoms with Crippen LogP contribution in [-0.2, 0) is 0 Å². The van der Waals surface area contributed by atoms with E-state index in [4.69, 9.17) is 10.5 Å². The molecule has 1 aliphatic rings. The maximum absolute atomic E-state index is 12.5. The van der Waals surface area contributed by atoms with Crippen LogP contribution in [0.3, 0.4) is 0 Å². The first kappa shape index (κ1) is 13.7. The van der Waals surface area contributed by atoms with Crippen molar-refractivity contribution < 1.29 is 9.53 Å². The highest BCUT2D eigenvalue weighted by atomic mass is 16.5. The third-order valence-electron chi connectivity index (χ3n) is 3.66. The Labute approximate surface area is 113 Å². The van der Waals surface area contributed by atoms with Crippen LogP contribution in [0, 0.1) is 0 Å². The normalized spacial score (nSPS) is 18.9. The molecule has 0 aliphatic carbocycles. The summed E-state index contributed by atoms with van der Waals surface area (Å²) in [6.45, 7) is 1.53. The summed E-state index contributed by atoms with van der Waals surface area (Å²) in [5, 5.41) is 0. The number of likely N-dealkylation sites (N-methyl/N-ethyl adjacent to an activating group) is 1. The highest BCUT2D eigenvalue weighted by Crippen LogP contribution is 2.28. The van der Waals surface area contributed by atoms with Gasteiger partial charge in [-0.1, -0.05) is 6.07 Å². The fourth-order valence-electron chi connectivity index (χ4n) is 2.47. The van der Waals surface area contributed by atoms with Gasteiger partial charge in [-0.3, -0.25) is 4.79 Å². The molecule has 1 heterocycles. The lowest BCUT2D eigenvalue weighted by atomic mass is 10.1. The number of nitrogens with two attached hydrogens (primary N) is 1. The van der Waals surface area contributed by atoms with Crippen LogP contribution in [0.25, 0.3) is 0 Å². The van der Waals surface area contributed by atoms with Crippen molar-refractivity contribution in [2.45, 2.75) is 12.5 Å². The summed E-state index contributed by atoms with van der Waals surface area (Å²) >= 11 is 0. The van der Waals surface area contributed by atoms with E-state index in [9.17, 15) is 4.79 Å². The van der Waals surface area contributed by atoms with Crippen molar-refractivity contribution >= 4 is 11.6 Å². The van der Waals surface area contributed by atoms with Gasteiger partial charge >= 0.3 is 0 Å². The van der Waals surface area contributed by atoms with Crippen molar-refractivity contribution in [3.05, 3.63) is 23.8 Å². The molecule has 5 heteroatoms. The Morgan fingerprint density at radius 2 is 2.21 bits per heavy atom. The maximum Gasteiger partial charge on any atom is 0.257 e. The molecule has 2 rings (SSSR count). The molecule has 0 spiro atoms. The van der Waals surface area contributed by atoms with Gasteiger partial charge in [0.2, 0.25) is 0 Å². The predicted molar refractivity (Wildman–Crippen MR) is 75.4 cm³/mol. The van der Waals surface area contributed by atoms with Gasteiger partial charge in [-0.25, -0.2) is 0 Å². The summed E-state index contributed by atoms with van der Waals surface area (Å²) in [7, 11) is 5.62. The first-order chi connectivity index (χ1) is 9.04. The van der Waals surface area contributed by atoms with E-state index in [1.165, 1.54) is 7.11 Å². The standard InChI is InChI=1S/C14H21N3O2/c1-16(2)10-7-8-17(9-10)14(18)11-5-4-6-12(15)13(11)19-3/h4-6,10H,7-9,15H2,1-3H3. The van der Waals surface area contributed by atoms with Crippen molar-refractivity contribution in [3.8, 4) is 5.75 Å². The summed E-state index contributed by atoms with van der Waals surface area (Å²) in [5.41, 5.74) is 6.88. The molecule has 1 saturated heterocycles. The average molecular weight is 263 g/mol.